The highest BCUT2D eigenvalue weighted by Crippen LogP contribution is 2.37. The lowest BCUT2D eigenvalue weighted by Crippen LogP contribution is -2.13. The highest BCUT2D eigenvalue weighted by Gasteiger charge is 2.19. The highest BCUT2D eigenvalue weighted by atomic mass is 19.1. The van der Waals surface area contributed by atoms with Gasteiger partial charge < -0.3 is 4.90 Å². The third-order valence-electron chi connectivity index (χ3n) is 3.98. The molecule has 0 aromatic heterocycles. The Hall–Kier alpha value is -2.68. The summed E-state index contributed by atoms with van der Waals surface area (Å²) in [6.45, 7) is 5.64. The summed E-state index contributed by atoms with van der Waals surface area (Å²) in [5.41, 5.74) is 4.10. The fourth-order valence-electron chi connectivity index (χ4n) is 2.69. The van der Waals surface area contributed by atoms with Gasteiger partial charge >= 0.3 is 0 Å². The van der Waals surface area contributed by atoms with Crippen LogP contribution in [-0.4, -0.2) is 0 Å². The first kappa shape index (κ1) is 16.2. The molecule has 0 unspecified atom stereocenters. The van der Waals surface area contributed by atoms with E-state index in [1.807, 2.05) is 57.2 Å². The Kier molecular flexibility index (Phi) is 4.34. The summed E-state index contributed by atoms with van der Waals surface area (Å²) < 4.78 is 29.2. The number of hydrogen-bond acceptors (Lipinski definition) is 1. The number of aryl methyl sites for hydroxylation is 3. The number of halogens is 2. The van der Waals surface area contributed by atoms with Crippen LogP contribution >= 0.6 is 0 Å². The summed E-state index contributed by atoms with van der Waals surface area (Å²) in [7, 11) is 0. The zero-order valence-corrected chi connectivity index (χ0v) is 14.0. The third-order valence-corrected chi connectivity index (χ3v) is 3.98. The maximum Gasteiger partial charge on any atom is 0.147 e. The van der Waals surface area contributed by atoms with E-state index in [1.54, 1.807) is 17.0 Å². The van der Waals surface area contributed by atoms with E-state index in [-0.39, 0.29) is 11.6 Å². The number of hydrogen-bond donors (Lipinski definition) is 0. The van der Waals surface area contributed by atoms with Gasteiger partial charge in [0.05, 0.1) is 11.4 Å². The lowest BCUT2D eigenvalue weighted by Gasteiger charge is -2.26. The van der Waals surface area contributed by atoms with E-state index in [1.165, 1.54) is 12.1 Å². The normalized spacial score (nSPS) is 10.7. The predicted octanol–water partition coefficient (Wildman–Crippen LogP) is 6.36. The minimum atomic E-state index is -0.379. The zero-order valence-electron chi connectivity index (χ0n) is 14.0. The summed E-state index contributed by atoms with van der Waals surface area (Å²) in [4.78, 5) is 1.61. The number of nitrogens with zero attached hydrogens (tertiary/aromatic N) is 1. The Balaban J connectivity index is 2.22. The van der Waals surface area contributed by atoms with Crippen molar-refractivity contribution in [2.24, 2.45) is 0 Å². The average Bonchev–Trinajstić information content (AvgIpc) is 2.53. The van der Waals surface area contributed by atoms with Gasteiger partial charge in [0.1, 0.15) is 11.6 Å². The molecule has 0 aliphatic rings. The van der Waals surface area contributed by atoms with Crippen molar-refractivity contribution < 1.29 is 8.78 Å². The smallest absolute Gasteiger partial charge is 0.147 e. The van der Waals surface area contributed by atoms with Crippen molar-refractivity contribution >= 4 is 17.1 Å². The van der Waals surface area contributed by atoms with Gasteiger partial charge in [-0.3, -0.25) is 0 Å². The highest BCUT2D eigenvalue weighted by molar-refractivity contribution is 5.77. The van der Waals surface area contributed by atoms with Crippen LogP contribution in [0.4, 0.5) is 25.8 Å². The minimum absolute atomic E-state index is 0.326. The molecule has 24 heavy (non-hydrogen) atoms. The van der Waals surface area contributed by atoms with Crippen LogP contribution in [0.15, 0.2) is 60.7 Å². The molecule has 0 fully saturated rings. The summed E-state index contributed by atoms with van der Waals surface area (Å²) in [6, 6.07) is 17.5. The van der Waals surface area contributed by atoms with E-state index in [0.717, 1.165) is 16.7 Å². The Morgan fingerprint density at radius 1 is 0.583 bits per heavy atom. The molecule has 0 spiro atoms. The van der Waals surface area contributed by atoms with Gasteiger partial charge in [-0.05, 0) is 68.3 Å². The number of benzene rings is 3. The molecule has 3 heteroatoms. The van der Waals surface area contributed by atoms with Gasteiger partial charge in [0.2, 0.25) is 0 Å². The van der Waals surface area contributed by atoms with Gasteiger partial charge in [0, 0.05) is 5.69 Å². The first-order chi connectivity index (χ1) is 11.5. The molecule has 0 bridgehead atoms. The molecule has 0 aliphatic heterocycles. The van der Waals surface area contributed by atoms with Gasteiger partial charge in [0.25, 0.3) is 0 Å². The van der Waals surface area contributed by atoms with Crippen molar-refractivity contribution in [1.29, 1.82) is 0 Å². The fraction of sp³-hybridized carbons (Fsp3) is 0.143. The van der Waals surface area contributed by atoms with Gasteiger partial charge in [-0.2, -0.15) is 0 Å². The molecule has 122 valence electrons. The maximum atomic E-state index is 14.6. The molecule has 1 nitrogen and oxygen atoms in total. The van der Waals surface area contributed by atoms with Crippen LogP contribution in [0, 0.1) is 32.4 Å². The van der Waals surface area contributed by atoms with Gasteiger partial charge in [-0.1, -0.05) is 29.8 Å². The van der Waals surface area contributed by atoms with Gasteiger partial charge in [0.15, 0.2) is 0 Å². The van der Waals surface area contributed by atoms with Gasteiger partial charge in [-0.25, -0.2) is 8.78 Å². The van der Waals surface area contributed by atoms with E-state index < -0.39 is 0 Å². The molecular weight excluding hydrogens is 304 g/mol. The molecular formula is C21H19F2N. The molecule has 0 aliphatic carbocycles. The van der Waals surface area contributed by atoms with E-state index >= 15 is 0 Å². The molecule has 0 saturated carbocycles. The Bertz CT molecular complexity index is 818. The van der Waals surface area contributed by atoms with Crippen LogP contribution in [0.3, 0.4) is 0 Å². The van der Waals surface area contributed by atoms with E-state index in [2.05, 4.69) is 0 Å². The largest absolute Gasteiger partial charge is 0.305 e. The average molecular weight is 323 g/mol. The second kappa shape index (κ2) is 6.44. The van der Waals surface area contributed by atoms with Crippen molar-refractivity contribution in [3.63, 3.8) is 0 Å². The summed E-state index contributed by atoms with van der Waals surface area (Å²) in [5.74, 6) is -0.758. The summed E-state index contributed by atoms with van der Waals surface area (Å²) in [5, 5.41) is 0. The minimum Gasteiger partial charge on any atom is -0.305 e. The van der Waals surface area contributed by atoms with Crippen molar-refractivity contribution in [2.75, 3.05) is 4.90 Å². The standard InChI is InChI=1S/C21H19F2N/c1-14-4-8-17(9-5-14)24(20-10-6-15(2)12-18(20)22)21-11-7-16(3)13-19(21)23/h4-13H,1-3H3. The zero-order chi connectivity index (χ0) is 17.3. The SMILES string of the molecule is Cc1ccc(N(c2ccc(C)cc2F)c2ccc(C)cc2F)cc1. The van der Waals surface area contributed by atoms with Crippen molar-refractivity contribution in [1.82, 2.24) is 0 Å². The molecule has 3 aromatic rings. The van der Waals surface area contributed by atoms with E-state index in [0.29, 0.717) is 17.1 Å². The third kappa shape index (κ3) is 3.16. The molecule has 0 N–H and O–H groups in total. The van der Waals surface area contributed by atoms with Crippen LogP contribution in [0.2, 0.25) is 0 Å². The summed E-state index contributed by atoms with van der Waals surface area (Å²) in [6.07, 6.45) is 0. The Labute approximate surface area is 141 Å². The predicted molar refractivity (Wildman–Crippen MR) is 95.3 cm³/mol. The van der Waals surface area contributed by atoms with Crippen LogP contribution in [-0.2, 0) is 0 Å². The lowest BCUT2D eigenvalue weighted by molar-refractivity contribution is 0.618. The quantitative estimate of drug-likeness (QED) is 0.542. The first-order valence-electron chi connectivity index (χ1n) is 7.85. The lowest BCUT2D eigenvalue weighted by atomic mass is 10.1. The fourth-order valence-corrected chi connectivity index (χ4v) is 2.69. The second-order valence-electron chi connectivity index (χ2n) is 6.08. The Morgan fingerprint density at radius 3 is 1.42 bits per heavy atom. The van der Waals surface area contributed by atoms with E-state index in [4.69, 9.17) is 0 Å². The molecule has 3 rings (SSSR count). The van der Waals surface area contributed by atoms with Crippen molar-refractivity contribution in [3.05, 3.63) is 89.0 Å². The number of anilines is 3. The van der Waals surface area contributed by atoms with Gasteiger partial charge in [-0.15, -0.1) is 0 Å². The second-order valence-corrected chi connectivity index (χ2v) is 6.08. The van der Waals surface area contributed by atoms with Crippen molar-refractivity contribution in [2.45, 2.75) is 20.8 Å². The van der Waals surface area contributed by atoms with Crippen LogP contribution in [0.5, 0.6) is 0 Å². The molecule has 0 saturated heterocycles. The summed E-state index contributed by atoms with van der Waals surface area (Å²) >= 11 is 0. The van der Waals surface area contributed by atoms with Crippen LogP contribution in [0.1, 0.15) is 16.7 Å². The molecule has 0 amide bonds. The van der Waals surface area contributed by atoms with E-state index in [9.17, 15) is 8.78 Å². The van der Waals surface area contributed by atoms with Crippen LogP contribution < -0.4 is 4.90 Å². The van der Waals surface area contributed by atoms with Crippen molar-refractivity contribution in [3.8, 4) is 0 Å². The topological polar surface area (TPSA) is 3.24 Å². The maximum absolute atomic E-state index is 14.6. The molecule has 0 atom stereocenters. The van der Waals surface area contributed by atoms with Crippen LogP contribution in [0.25, 0.3) is 0 Å². The molecule has 0 heterocycles. The number of rotatable bonds is 3. The molecule has 3 aromatic carbocycles. The molecule has 0 radical (unpaired) electrons. The monoisotopic (exact) mass is 323 g/mol. The Morgan fingerprint density at radius 2 is 1.00 bits per heavy atom. The first-order valence-corrected chi connectivity index (χ1v) is 7.85.